The zero-order chi connectivity index (χ0) is 14.4. The van der Waals surface area contributed by atoms with Gasteiger partial charge in [-0.2, -0.15) is 11.8 Å². The van der Waals surface area contributed by atoms with Gasteiger partial charge in [0.05, 0.1) is 13.2 Å². The molecule has 2 unspecified atom stereocenters. The molecule has 1 N–H and O–H groups in total. The molecule has 1 saturated heterocycles. The minimum Gasteiger partial charge on any atom is -0.479 e. The molecule has 1 aliphatic rings. The standard InChI is InChI=1S/C12H22N2O4S/c1-4-9(8-19-3)13(2)12(17)14-5-6-18-10(7-14)11(15)16/h9-10H,4-8H2,1-3H3,(H,15,16). The molecular formula is C12H22N2O4S. The summed E-state index contributed by atoms with van der Waals surface area (Å²) in [7, 11) is 1.78. The van der Waals surface area contributed by atoms with E-state index in [0.29, 0.717) is 6.54 Å². The summed E-state index contributed by atoms with van der Waals surface area (Å²) in [5, 5.41) is 8.94. The summed E-state index contributed by atoms with van der Waals surface area (Å²) in [5.74, 6) is -0.137. The van der Waals surface area contributed by atoms with Gasteiger partial charge in [0.2, 0.25) is 0 Å². The number of nitrogens with zero attached hydrogens (tertiary/aromatic N) is 2. The number of carbonyl (C=O) groups is 2. The lowest BCUT2D eigenvalue weighted by molar-refractivity contribution is -0.154. The van der Waals surface area contributed by atoms with E-state index in [1.165, 1.54) is 0 Å². The normalized spacial score (nSPS) is 21.0. The van der Waals surface area contributed by atoms with Gasteiger partial charge in [-0.1, -0.05) is 6.92 Å². The number of thioether (sulfide) groups is 1. The average molecular weight is 290 g/mol. The molecule has 0 aromatic heterocycles. The van der Waals surface area contributed by atoms with E-state index in [0.717, 1.165) is 12.2 Å². The van der Waals surface area contributed by atoms with E-state index in [-0.39, 0.29) is 25.2 Å². The van der Waals surface area contributed by atoms with Gasteiger partial charge in [-0.3, -0.25) is 0 Å². The quantitative estimate of drug-likeness (QED) is 0.817. The number of carbonyl (C=O) groups excluding carboxylic acids is 1. The zero-order valence-electron chi connectivity index (χ0n) is 11.7. The molecule has 0 spiro atoms. The molecule has 7 heteroatoms. The van der Waals surface area contributed by atoms with Crippen molar-refractivity contribution in [3.05, 3.63) is 0 Å². The molecule has 0 aliphatic carbocycles. The van der Waals surface area contributed by atoms with E-state index in [9.17, 15) is 9.59 Å². The molecule has 0 saturated carbocycles. The molecule has 1 rings (SSSR count). The summed E-state index contributed by atoms with van der Waals surface area (Å²) >= 11 is 1.70. The molecule has 110 valence electrons. The van der Waals surface area contributed by atoms with Crippen LogP contribution in [0.1, 0.15) is 13.3 Å². The van der Waals surface area contributed by atoms with Gasteiger partial charge in [0.25, 0.3) is 0 Å². The number of aliphatic carboxylic acids is 1. The third-order valence-corrected chi connectivity index (χ3v) is 4.01. The summed E-state index contributed by atoms with van der Waals surface area (Å²) in [5.41, 5.74) is 0. The highest BCUT2D eigenvalue weighted by molar-refractivity contribution is 7.98. The SMILES string of the molecule is CCC(CSC)N(C)C(=O)N1CCOC(C(=O)O)C1. The van der Waals surface area contributed by atoms with E-state index in [1.807, 2.05) is 13.2 Å². The maximum absolute atomic E-state index is 12.3. The van der Waals surface area contributed by atoms with Crippen molar-refractivity contribution in [2.24, 2.45) is 0 Å². The number of amides is 2. The molecule has 19 heavy (non-hydrogen) atoms. The van der Waals surface area contributed by atoms with Gasteiger partial charge in [-0.15, -0.1) is 0 Å². The lowest BCUT2D eigenvalue weighted by Crippen LogP contribution is -2.54. The minimum absolute atomic E-state index is 0.115. The van der Waals surface area contributed by atoms with Crippen molar-refractivity contribution >= 4 is 23.8 Å². The van der Waals surface area contributed by atoms with E-state index in [1.54, 1.807) is 28.6 Å². The van der Waals surface area contributed by atoms with Gasteiger partial charge in [-0.25, -0.2) is 9.59 Å². The third-order valence-electron chi connectivity index (χ3n) is 3.29. The van der Waals surface area contributed by atoms with Gasteiger partial charge in [0, 0.05) is 25.4 Å². The van der Waals surface area contributed by atoms with E-state index >= 15 is 0 Å². The van der Waals surface area contributed by atoms with Crippen LogP contribution in [0.2, 0.25) is 0 Å². The van der Waals surface area contributed by atoms with E-state index in [2.05, 4.69) is 0 Å². The Bertz CT molecular complexity index is 327. The van der Waals surface area contributed by atoms with Crippen LogP contribution in [0.3, 0.4) is 0 Å². The predicted molar refractivity (Wildman–Crippen MR) is 74.6 cm³/mol. The zero-order valence-corrected chi connectivity index (χ0v) is 12.5. The summed E-state index contributed by atoms with van der Waals surface area (Å²) in [6.07, 6.45) is 1.98. The van der Waals surface area contributed by atoms with Crippen LogP contribution in [0.5, 0.6) is 0 Å². The Hall–Kier alpha value is -0.950. The molecule has 2 atom stereocenters. The molecule has 6 nitrogen and oxygen atoms in total. The van der Waals surface area contributed by atoms with E-state index < -0.39 is 12.1 Å². The Labute approximate surface area is 118 Å². The number of hydrogen-bond acceptors (Lipinski definition) is 4. The highest BCUT2D eigenvalue weighted by Crippen LogP contribution is 2.13. The van der Waals surface area contributed by atoms with Crippen molar-refractivity contribution in [3.8, 4) is 0 Å². The molecule has 1 aliphatic heterocycles. The second-order valence-electron chi connectivity index (χ2n) is 4.55. The third kappa shape index (κ3) is 4.28. The van der Waals surface area contributed by atoms with Crippen molar-refractivity contribution < 1.29 is 19.4 Å². The largest absolute Gasteiger partial charge is 0.479 e. The number of morpholine rings is 1. The van der Waals surface area contributed by atoms with Crippen molar-refractivity contribution in [1.82, 2.24) is 9.80 Å². The maximum Gasteiger partial charge on any atom is 0.334 e. The first-order valence-electron chi connectivity index (χ1n) is 6.36. The Balaban J connectivity index is 2.62. The second-order valence-corrected chi connectivity index (χ2v) is 5.47. The molecule has 0 aromatic carbocycles. The number of hydrogen-bond donors (Lipinski definition) is 1. The maximum atomic E-state index is 12.3. The number of carboxylic acid groups (broad SMARTS) is 1. The summed E-state index contributed by atoms with van der Waals surface area (Å²) in [4.78, 5) is 26.5. The first-order valence-corrected chi connectivity index (χ1v) is 7.75. The lowest BCUT2D eigenvalue weighted by Gasteiger charge is -2.36. The smallest absolute Gasteiger partial charge is 0.334 e. The first-order chi connectivity index (χ1) is 9.01. The average Bonchev–Trinajstić information content (AvgIpc) is 2.43. The molecule has 0 radical (unpaired) electrons. The van der Waals surface area contributed by atoms with Crippen LogP contribution in [0.25, 0.3) is 0 Å². The minimum atomic E-state index is -1.02. The number of rotatable bonds is 5. The lowest BCUT2D eigenvalue weighted by atomic mass is 10.2. The Morgan fingerprint density at radius 1 is 1.58 bits per heavy atom. The van der Waals surface area contributed by atoms with Crippen LogP contribution in [-0.2, 0) is 9.53 Å². The molecule has 0 aromatic rings. The fourth-order valence-corrected chi connectivity index (χ4v) is 2.89. The van der Waals surface area contributed by atoms with Crippen molar-refractivity contribution in [3.63, 3.8) is 0 Å². The van der Waals surface area contributed by atoms with Gasteiger partial charge in [0.15, 0.2) is 6.10 Å². The van der Waals surface area contributed by atoms with Crippen molar-refractivity contribution in [2.75, 3.05) is 38.8 Å². The monoisotopic (exact) mass is 290 g/mol. The summed E-state index contributed by atoms with van der Waals surface area (Å²) in [6, 6.07) is 0.0593. The molecule has 0 bridgehead atoms. The van der Waals surface area contributed by atoms with Crippen molar-refractivity contribution in [2.45, 2.75) is 25.5 Å². The highest BCUT2D eigenvalue weighted by atomic mass is 32.2. The van der Waals surface area contributed by atoms with Gasteiger partial charge >= 0.3 is 12.0 Å². The Morgan fingerprint density at radius 2 is 2.26 bits per heavy atom. The number of urea groups is 1. The van der Waals surface area contributed by atoms with Crippen LogP contribution in [0, 0.1) is 0 Å². The highest BCUT2D eigenvalue weighted by Gasteiger charge is 2.31. The summed E-state index contributed by atoms with van der Waals surface area (Å²) < 4.78 is 5.12. The molecular weight excluding hydrogens is 268 g/mol. The molecule has 1 fully saturated rings. The Kier molecular flexibility index (Phi) is 6.44. The molecule has 1 heterocycles. The van der Waals surface area contributed by atoms with Crippen LogP contribution in [-0.4, -0.2) is 77.8 Å². The van der Waals surface area contributed by atoms with Gasteiger partial charge in [0.1, 0.15) is 0 Å². The van der Waals surface area contributed by atoms with E-state index in [4.69, 9.17) is 9.84 Å². The van der Waals surface area contributed by atoms with Gasteiger partial charge in [-0.05, 0) is 12.7 Å². The summed E-state index contributed by atoms with van der Waals surface area (Å²) in [6.45, 7) is 2.89. The predicted octanol–water partition coefficient (Wildman–Crippen LogP) is 0.965. The fraction of sp³-hybridized carbons (Fsp3) is 0.833. The van der Waals surface area contributed by atoms with Crippen LogP contribution in [0.4, 0.5) is 4.79 Å². The van der Waals surface area contributed by atoms with Crippen molar-refractivity contribution in [1.29, 1.82) is 0 Å². The van der Waals surface area contributed by atoms with Crippen LogP contribution < -0.4 is 0 Å². The van der Waals surface area contributed by atoms with Crippen LogP contribution >= 0.6 is 11.8 Å². The molecule has 2 amide bonds. The first kappa shape index (κ1) is 16.1. The Morgan fingerprint density at radius 3 is 2.79 bits per heavy atom. The number of ether oxygens (including phenoxy) is 1. The fourth-order valence-electron chi connectivity index (χ4n) is 2.05. The van der Waals surface area contributed by atoms with Gasteiger partial charge < -0.3 is 19.6 Å². The number of carboxylic acids is 1. The van der Waals surface area contributed by atoms with Crippen LogP contribution in [0.15, 0.2) is 0 Å². The second kappa shape index (κ2) is 7.59. The topological polar surface area (TPSA) is 70.1 Å².